The second-order valence-corrected chi connectivity index (χ2v) is 12.8. The van der Waals surface area contributed by atoms with E-state index in [1.807, 2.05) is 26.8 Å². The number of anilines is 1. The van der Waals surface area contributed by atoms with Crippen LogP contribution in [0.1, 0.15) is 38.3 Å². The van der Waals surface area contributed by atoms with Crippen LogP contribution in [0.15, 0.2) is 71.6 Å². The van der Waals surface area contributed by atoms with E-state index in [2.05, 4.69) is 5.32 Å². The van der Waals surface area contributed by atoms with Gasteiger partial charge in [0.15, 0.2) is 0 Å². The van der Waals surface area contributed by atoms with Crippen molar-refractivity contribution in [3.63, 3.8) is 0 Å². The molecular weight excluding hydrogens is 593 g/mol. The summed E-state index contributed by atoms with van der Waals surface area (Å²) >= 11 is 18.5. The topological polar surface area (TPSA) is 86.8 Å². The van der Waals surface area contributed by atoms with Crippen molar-refractivity contribution < 1.29 is 18.0 Å². The number of hydrogen-bond donors (Lipinski definition) is 1. The van der Waals surface area contributed by atoms with E-state index in [0.29, 0.717) is 32.7 Å². The number of hydrogen-bond acceptors (Lipinski definition) is 4. The summed E-state index contributed by atoms with van der Waals surface area (Å²) in [5, 5.41) is 4.00. The molecule has 0 bridgehead atoms. The second-order valence-electron chi connectivity index (χ2n) is 9.65. The Hall–Kier alpha value is -2.78. The molecule has 3 rings (SSSR count). The number of nitrogens with one attached hydrogen (secondary N) is 1. The highest BCUT2D eigenvalue weighted by atomic mass is 35.5. The zero-order valence-corrected chi connectivity index (χ0v) is 25.8. The van der Waals surface area contributed by atoms with Crippen molar-refractivity contribution in [3.05, 3.63) is 92.9 Å². The molecule has 3 aromatic carbocycles. The van der Waals surface area contributed by atoms with E-state index in [9.17, 15) is 18.0 Å². The second kappa shape index (κ2) is 13.7. The molecule has 0 saturated carbocycles. The zero-order valence-electron chi connectivity index (χ0n) is 22.7. The maximum atomic E-state index is 14.1. The first-order valence-electron chi connectivity index (χ1n) is 12.7. The molecule has 0 aliphatic rings. The van der Waals surface area contributed by atoms with Gasteiger partial charge in [-0.3, -0.25) is 13.9 Å². The van der Waals surface area contributed by atoms with Gasteiger partial charge in [-0.1, -0.05) is 59.9 Å². The van der Waals surface area contributed by atoms with Crippen molar-refractivity contribution in [2.45, 2.75) is 57.6 Å². The normalized spacial score (nSPS) is 12.2. The number of benzene rings is 3. The average molecular weight is 625 g/mol. The minimum absolute atomic E-state index is 0.0249. The largest absolute Gasteiger partial charge is 0.352 e. The SMILES string of the molecule is CC[C@@H](C(=O)NC(C)C)N(Cc1ccc(Cl)cc1Cl)C(=O)CN(c1cccc(C)c1)S(=O)(=O)c1ccc(Cl)cc1. The lowest BCUT2D eigenvalue weighted by molar-refractivity contribution is -0.140. The smallest absolute Gasteiger partial charge is 0.264 e. The summed E-state index contributed by atoms with van der Waals surface area (Å²) in [6.45, 7) is 6.69. The standard InChI is InChI=1S/C29H32Cl3N3O4S/c1-5-27(29(37)33-19(2)3)34(17-21-9-10-23(31)16-26(21)32)28(36)18-35(24-8-6-7-20(4)15-24)40(38,39)25-13-11-22(30)12-14-25/h6-16,19,27H,5,17-18H2,1-4H3,(H,33,37)/t27-/m0/s1. The monoisotopic (exact) mass is 623 g/mol. The first-order valence-corrected chi connectivity index (χ1v) is 15.3. The third-order valence-electron chi connectivity index (χ3n) is 6.14. The number of carbonyl (C=O) groups excluding carboxylic acids is 2. The molecule has 2 amide bonds. The Balaban J connectivity index is 2.09. The van der Waals surface area contributed by atoms with Gasteiger partial charge in [0.25, 0.3) is 10.0 Å². The first-order chi connectivity index (χ1) is 18.8. The van der Waals surface area contributed by atoms with Crippen LogP contribution in [0, 0.1) is 6.92 Å². The molecule has 0 heterocycles. The molecule has 3 aromatic rings. The van der Waals surface area contributed by atoms with E-state index >= 15 is 0 Å². The van der Waals surface area contributed by atoms with Crippen molar-refractivity contribution in [2.24, 2.45) is 0 Å². The van der Waals surface area contributed by atoms with Gasteiger partial charge in [-0.15, -0.1) is 0 Å². The van der Waals surface area contributed by atoms with Gasteiger partial charge in [0.05, 0.1) is 10.6 Å². The van der Waals surface area contributed by atoms with Crippen LogP contribution >= 0.6 is 34.8 Å². The van der Waals surface area contributed by atoms with Gasteiger partial charge in [-0.05, 0) is 86.8 Å². The number of halogens is 3. The molecule has 40 heavy (non-hydrogen) atoms. The summed E-state index contributed by atoms with van der Waals surface area (Å²) < 4.78 is 28.8. The van der Waals surface area contributed by atoms with Crippen LogP contribution in [0.3, 0.4) is 0 Å². The molecule has 1 atom stereocenters. The molecule has 0 unspecified atom stereocenters. The van der Waals surface area contributed by atoms with Crippen LogP contribution in [0.4, 0.5) is 5.69 Å². The molecule has 0 spiro atoms. The highest BCUT2D eigenvalue weighted by Crippen LogP contribution is 2.28. The van der Waals surface area contributed by atoms with Gasteiger partial charge in [0, 0.05) is 27.7 Å². The van der Waals surface area contributed by atoms with Gasteiger partial charge in [0.1, 0.15) is 12.6 Å². The Kier molecular flexibility index (Phi) is 10.9. The fraction of sp³-hybridized carbons (Fsp3) is 0.310. The third kappa shape index (κ3) is 7.91. The van der Waals surface area contributed by atoms with E-state index in [4.69, 9.17) is 34.8 Å². The van der Waals surface area contributed by atoms with E-state index in [1.165, 1.54) is 29.2 Å². The van der Waals surface area contributed by atoms with Crippen molar-refractivity contribution in [2.75, 3.05) is 10.8 Å². The zero-order chi connectivity index (χ0) is 29.6. The molecule has 0 radical (unpaired) electrons. The van der Waals surface area contributed by atoms with Crippen molar-refractivity contribution in [1.29, 1.82) is 0 Å². The summed E-state index contributed by atoms with van der Waals surface area (Å²) in [5.41, 5.74) is 1.69. The number of carbonyl (C=O) groups is 2. The fourth-order valence-corrected chi connectivity index (χ4v) is 6.18. The van der Waals surface area contributed by atoms with Crippen LogP contribution in [0.2, 0.25) is 15.1 Å². The van der Waals surface area contributed by atoms with E-state index in [-0.39, 0.29) is 23.4 Å². The molecule has 11 heteroatoms. The predicted molar refractivity (Wildman–Crippen MR) is 162 cm³/mol. The maximum Gasteiger partial charge on any atom is 0.264 e. The summed E-state index contributed by atoms with van der Waals surface area (Å²) in [4.78, 5) is 28.6. The van der Waals surface area contributed by atoms with Crippen molar-refractivity contribution in [3.8, 4) is 0 Å². The van der Waals surface area contributed by atoms with Gasteiger partial charge in [-0.25, -0.2) is 8.42 Å². The molecule has 1 N–H and O–H groups in total. The Labute approximate surface area is 251 Å². The first kappa shape index (κ1) is 31.7. The summed E-state index contributed by atoms with van der Waals surface area (Å²) in [6.07, 6.45) is 0.296. The minimum Gasteiger partial charge on any atom is -0.352 e. The Morgan fingerprint density at radius 1 is 0.925 bits per heavy atom. The molecule has 0 aliphatic heterocycles. The third-order valence-corrected chi connectivity index (χ3v) is 8.77. The Morgan fingerprint density at radius 2 is 1.57 bits per heavy atom. The molecule has 214 valence electrons. The van der Waals surface area contributed by atoms with Crippen molar-refractivity contribution in [1.82, 2.24) is 10.2 Å². The van der Waals surface area contributed by atoms with Crippen LogP contribution < -0.4 is 9.62 Å². The number of sulfonamides is 1. The highest BCUT2D eigenvalue weighted by molar-refractivity contribution is 7.92. The van der Waals surface area contributed by atoms with Crippen LogP contribution in [0.25, 0.3) is 0 Å². The van der Waals surface area contributed by atoms with Crippen LogP contribution in [0.5, 0.6) is 0 Å². The lowest BCUT2D eigenvalue weighted by atomic mass is 10.1. The lowest BCUT2D eigenvalue weighted by Crippen LogP contribution is -2.53. The fourth-order valence-electron chi connectivity index (χ4n) is 4.18. The number of nitrogens with zero attached hydrogens (tertiary/aromatic N) is 2. The number of amides is 2. The van der Waals surface area contributed by atoms with Crippen LogP contribution in [-0.2, 0) is 26.2 Å². The average Bonchev–Trinajstić information content (AvgIpc) is 2.88. The van der Waals surface area contributed by atoms with E-state index < -0.39 is 28.5 Å². The quantitative estimate of drug-likeness (QED) is 0.265. The van der Waals surface area contributed by atoms with Gasteiger partial charge < -0.3 is 10.2 Å². The molecule has 0 fully saturated rings. The summed E-state index contributed by atoms with van der Waals surface area (Å²) in [7, 11) is -4.19. The lowest BCUT2D eigenvalue weighted by Gasteiger charge is -2.33. The van der Waals surface area contributed by atoms with Gasteiger partial charge in [0.2, 0.25) is 11.8 Å². The highest BCUT2D eigenvalue weighted by Gasteiger charge is 2.34. The van der Waals surface area contributed by atoms with Crippen molar-refractivity contribution >= 4 is 62.3 Å². The summed E-state index contributed by atoms with van der Waals surface area (Å²) in [5.74, 6) is -0.922. The van der Waals surface area contributed by atoms with Crippen LogP contribution in [-0.4, -0.2) is 43.8 Å². The molecule has 0 saturated heterocycles. The molecule has 7 nitrogen and oxygen atoms in total. The number of aryl methyl sites for hydroxylation is 1. The number of rotatable bonds is 11. The van der Waals surface area contributed by atoms with E-state index in [1.54, 1.807) is 43.3 Å². The Morgan fingerprint density at radius 3 is 2.15 bits per heavy atom. The summed E-state index contributed by atoms with van der Waals surface area (Å²) in [6, 6.07) is 16.4. The molecule has 0 aromatic heterocycles. The minimum atomic E-state index is -4.19. The maximum absolute atomic E-state index is 14.1. The molecular formula is C29H32Cl3N3O4S. The Bertz CT molecular complexity index is 1460. The van der Waals surface area contributed by atoms with Gasteiger partial charge >= 0.3 is 0 Å². The predicted octanol–water partition coefficient (Wildman–Crippen LogP) is 6.48. The molecule has 0 aliphatic carbocycles. The van der Waals surface area contributed by atoms with E-state index in [0.717, 1.165) is 9.87 Å². The van der Waals surface area contributed by atoms with Gasteiger partial charge in [-0.2, -0.15) is 0 Å².